The minimum absolute atomic E-state index is 0.0409. The van der Waals surface area contributed by atoms with Gasteiger partial charge in [-0.2, -0.15) is 0 Å². The largest absolute Gasteiger partial charge is 0.493 e. The number of ether oxygens (including phenoxy) is 1. The van der Waals surface area contributed by atoms with Crippen LogP contribution in [-0.2, 0) is 13.0 Å². The maximum Gasteiger partial charge on any atom is 0.226 e. The van der Waals surface area contributed by atoms with Crippen molar-refractivity contribution in [1.29, 1.82) is 0 Å². The fourth-order valence-electron chi connectivity index (χ4n) is 2.65. The zero-order valence-corrected chi connectivity index (χ0v) is 14.6. The van der Waals surface area contributed by atoms with Gasteiger partial charge in [0.1, 0.15) is 11.5 Å². The molecule has 25 heavy (non-hydrogen) atoms. The van der Waals surface area contributed by atoms with Crippen molar-refractivity contribution in [3.05, 3.63) is 71.6 Å². The van der Waals surface area contributed by atoms with Crippen molar-refractivity contribution in [3.63, 3.8) is 0 Å². The van der Waals surface area contributed by atoms with E-state index in [4.69, 9.17) is 14.3 Å². The molecule has 1 heterocycles. The lowest BCUT2D eigenvalue weighted by Crippen LogP contribution is -2.04. The molecule has 0 fully saturated rings. The first-order chi connectivity index (χ1) is 12.2. The van der Waals surface area contributed by atoms with Gasteiger partial charge in [0, 0.05) is 17.9 Å². The molecule has 4 heteroatoms. The number of oxazole rings is 1. The lowest BCUT2D eigenvalue weighted by atomic mass is 10.1. The van der Waals surface area contributed by atoms with E-state index in [1.807, 2.05) is 54.6 Å². The van der Waals surface area contributed by atoms with E-state index >= 15 is 0 Å². The molecule has 0 aliphatic heterocycles. The number of rotatable bonds is 7. The van der Waals surface area contributed by atoms with Crippen LogP contribution in [-0.4, -0.2) is 16.7 Å². The lowest BCUT2D eigenvalue weighted by molar-refractivity contribution is 0.281. The first-order valence-corrected chi connectivity index (χ1v) is 8.55. The normalized spacial score (nSPS) is 11.0. The van der Waals surface area contributed by atoms with Crippen LogP contribution in [0, 0.1) is 0 Å². The number of aromatic nitrogens is 1. The third-order valence-corrected chi connectivity index (χ3v) is 3.99. The van der Waals surface area contributed by atoms with Gasteiger partial charge in [0.15, 0.2) is 0 Å². The van der Waals surface area contributed by atoms with Gasteiger partial charge in [-0.05, 0) is 29.8 Å². The van der Waals surface area contributed by atoms with Crippen LogP contribution in [0.15, 0.2) is 59.0 Å². The fraction of sp³-hybridized carbons (Fsp3) is 0.286. The van der Waals surface area contributed by atoms with E-state index in [2.05, 4.69) is 18.8 Å². The summed E-state index contributed by atoms with van der Waals surface area (Å²) in [5.41, 5.74) is 2.80. The smallest absolute Gasteiger partial charge is 0.226 e. The number of aliphatic hydroxyl groups is 1. The van der Waals surface area contributed by atoms with Crippen molar-refractivity contribution in [2.24, 2.45) is 0 Å². The average Bonchev–Trinajstić information content (AvgIpc) is 3.08. The van der Waals surface area contributed by atoms with Crippen molar-refractivity contribution in [2.45, 2.75) is 32.8 Å². The van der Waals surface area contributed by atoms with E-state index < -0.39 is 0 Å². The topological polar surface area (TPSA) is 55.5 Å². The molecular formula is C21H23NO3. The first-order valence-electron chi connectivity index (χ1n) is 8.55. The van der Waals surface area contributed by atoms with E-state index in [0.29, 0.717) is 18.9 Å². The van der Waals surface area contributed by atoms with Gasteiger partial charge in [-0.25, -0.2) is 4.98 Å². The summed E-state index contributed by atoms with van der Waals surface area (Å²) < 4.78 is 11.8. The Kier molecular flexibility index (Phi) is 5.51. The molecule has 3 aromatic rings. The summed E-state index contributed by atoms with van der Waals surface area (Å²) in [7, 11) is 0. The molecule has 2 aromatic carbocycles. The summed E-state index contributed by atoms with van der Waals surface area (Å²) in [5, 5.41) is 9.07. The van der Waals surface area contributed by atoms with Crippen LogP contribution < -0.4 is 4.74 Å². The van der Waals surface area contributed by atoms with Gasteiger partial charge in [0.05, 0.1) is 18.9 Å². The Bertz CT molecular complexity index is 792. The van der Waals surface area contributed by atoms with E-state index in [-0.39, 0.29) is 12.5 Å². The van der Waals surface area contributed by atoms with Crippen molar-refractivity contribution >= 4 is 0 Å². The van der Waals surface area contributed by atoms with Gasteiger partial charge in [0.25, 0.3) is 0 Å². The van der Waals surface area contributed by atoms with E-state index in [0.717, 1.165) is 28.3 Å². The molecule has 130 valence electrons. The molecule has 0 atom stereocenters. The molecule has 0 aliphatic carbocycles. The van der Waals surface area contributed by atoms with Gasteiger partial charge in [-0.1, -0.05) is 44.2 Å². The Labute approximate surface area is 148 Å². The average molecular weight is 337 g/mol. The molecule has 0 aliphatic rings. The van der Waals surface area contributed by atoms with Crippen molar-refractivity contribution < 1.29 is 14.3 Å². The number of hydrogen-bond acceptors (Lipinski definition) is 4. The van der Waals surface area contributed by atoms with E-state index in [9.17, 15) is 0 Å². The predicted octanol–water partition coefficient (Wildman–Crippen LogP) is 4.58. The third-order valence-electron chi connectivity index (χ3n) is 3.99. The lowest BCUT2D eigenvalue weighted by Gasteiger charge is -2.07. The van der Waals surface area contributed by atoms with Crippen LogP contribution in [0.5, 0.6) is 5.75 Å². The Morgan fingerprint density at radius 2 is 1.76 bits per heavy atom. The second-order valence-electron chi connectivity index (χ2n) is 6.25. The zero-order valence-electron chi connectivity index (χ0n) is 14.6. The molecule has 0 bridgehead atoms. The highest BCUT2D eigenvalue weighted by molar-refractivity contribution is 5.53. The second-order valence-corrected chi connectivity index (χ2v) is 6.25. The number of benzene rings is 2. The molecule has 1 aromatic heterocycles. The quantitative estimate of drug-likeness (QED) is 0.686. The van der Waals surface area contributed by atoms with Crippen molar-refractivity contribution in [2.75, 3.05) is 6.61 Å². The van der Waals surface area contributed by atoms with Crippen LogP contribution in [0.3, 0.4) is 0 Å². The van der Waals surface area contributed by atoms with E-state index in [1.165, 1.54) is 0 Å². The highest BCUT2D eigenvalue weighted by Gasteiger charge is 2.17. The molecule has 3 rings (SSSR count). The Balaban J connectivity index is 1.69. The summed E-state index contributed by atoms with van der Waals surface area (Å²) in [6, 6.07) is 17.4. The predicted molar refractivity (Wildman–Crippen MR) is 97.6 cm³/mol. The maximum atomic E-state index is 9.07. The molecule has 0 radical (unpaired) electrons. The molecular weight excluding hydrogens is 314 g/mol. The molecule has 0 amide bonds. The summed E-state index contributed by atoms with van der Waals surface area (Å²) in [6.45, 7) is 4.78. The molecule has 0 saturated heterocycles. The van der Waals surface area contributed by atoms with Gasteiger partial charge in [-0.3, -0.25) is 0 Å². The van der Waals surface area contributed by atoms with Crippen LogP contribution in [0.25, 0.3) is 11.5 Å². The summed E-state index contributed by atoms with van der Waals surface area (Å²) in [5.74, 6) is 2.63. The number of aliphatic hydroxyl groups excluding tert-OH is 1. The Morgan fingerprint density at radius 1 is 1.04 bits per heavy atom. The van der Waals surface area contributed by atoms with Crippen LogP contribution in [0.2, 0.25) is 0 Å². The molecule has 1 N–H and O–H groups in total. The summed E-state index contributed by atoms with van der Waals surface area (Å²) in [6.07, 6.45) is 0.686. The van der Waals surface area contributed by atoms with Crippen molar-refractivity contribution in [3.8, 4) is 17.2 Å². The van der Waals surface area contributed by atoms with Crippen LogP contribution in [0.1, 0.15) is 36.8 Å². The maximum absolute atomic E-state index is 9.07. The second kappa shape index (κ2) is 7.99. The summed E-state index contributed by atoms with van der Waals surface area (Å²) in [4.78, 5) is 4.68. The standard InChI is InChI=1S/C21H23NO3/c1-15(2)20-19(22-21(25-20)17-6-4-3-5-7-17)12-13-24-18-10-8-16(14-23)9-11-18/h3-11,15,23H,12-14H2,1-2H3. The fourth-order valence-corrected chi connectivity index (χ4v) is 2.65. The molecule has 0 spiro atoms. The third kappa shape index (κ3) is 4.28. The highest BCUT2D eigenvalue weighted by atomic mass is 16.5. The van der Waals surface area contributed by atoms with Gasteiger partial charge < -0.3 is 14.3 Å². The molecule has 0 unspecified atom stereocenters. The van der Waals surface area contributed by atoms with Gasteiger partial charge >= 0.3 is 0 Å². The monoisotopic (exact) mass is 337 g/mol. The Morgan fingerprint density at radius 3 is 2.40 bits per heavy atom. The molecule has 4 nitrogen and oxygen atoms in total. The summed E-state index contributed by atoms with van der Waals surface area (Å²) >= 11 is 0. The number of nitrogens with zero attached hydrogens (tertiary/aromatic N) is 1. The molecule has 0 saturated carbocycles. The highest BCUT2D eigenvalue weighted by Crippen LogP contribution is 2.27. The SMILES string of the molecule is CC(C)c1oc(-c2ccccc2)nc1CCOc1ccc(CO)cc1. The minimum atomic E-state index is 0.0409. The van der Waals surface area contributed by atoms with Crippen LogP contribution >= 0.6 is 0 Å². The first kappa shape index (κ1) is 17.2. The Hall–Kier alpha value is -2.59. The van der Waals surface area contributed by atoms with Crippen LogP contribution in [0.4, 0.5) is 0 Å². The minimum Gasteiger partial charge on any atom is -0.493 e. The van der Waals surface area contributed by atoms with E-state index in [1.54, 1.807) is 0 Å². The zero-order chi connectivity index (χ0) is 17.6. The van der Waals surface area contributed by atoms with Crippen molar-refractivity contribution in [1.82, 2.24) is 4.98 Å². The van der Waals surface area contributed by atoms with Gasteiger partial charge in [-0.15, -0.1) is 0 Å². The van der Waals surface area contributed by atoms with Gasteiger partial charge in [0.2, 0.25) is 5.89 Å². The number of hydrogen-bond donors (Lipinski definition) is 1.